The Labute approximate surface area is 244 Å². The summed E-state index contributed by atoms with van der Waals surface area (Å²) in [5, 5.41) is 2.49. The summed E-state index contributed by atoms with van der Waals surface area (Å²) in [5.41, 5.74) is 5.66. The fourth-order valence-corrected chi connectivity index (χ4v) is 4.98. The number of carbonyl (C=O) groups excluding carboxylic acids is 3. The summed E-state index contributed by atoms with van der Waals surface area (Å²) < 4.78 is 17.3. The fraction of sp³-hybridized carbons (Fsp3) is 0.281. The van der Waals surface area contributed by atoms with Gasteiger partial charge in [0.05, 0.1) is 18.1 Å². The van der Waals surface area contributed by atoms with Crippen molar-refractivity contribution in [3.63, 3.8) is 0 Å². The number of thioether (sulfide) groups is 1. The van der Waals surface area contributed by atoms with Crippen molar-refractivity contribution in [3.8, 4) is 17.2 Å². The molecule has 3 aromatic carbocycles. The molecule has 0 atom stereocenters. The first-order chi connectivity index (χ1) is 19.6. The van der Waals surface area contributed by atoms with Crippen LogP contribution in [-0.2, 0) is 9.59 Å². The molecular weight excluding hydrogens is 540 g/mol. The lowest BCUT2D eigenvalue weighted by molar-refractivity contribution is -0.123. The number of imide groups is 1. The molecule has 1 N–H and O–H groups in total. The second-order valence-electron chi connectivity index (χ2n) is 9.73. The third-order valence-electron chi connectivity index (χ3n) is 6.50. The van der Waals surface area contributed by atoms with Crippen LogP contribution in [0.25, 0.3) is 6.08 Å². The molecule has 1 saturated heterocycles. The molecule has 0 saturated carbocycles. The Bertz CT molecular complexity index is 1500. The van der Waals surface area contributed by atoms with Crippen LogP contribution in [0.4, 0.5) is 10.5 Å². The standard InChI is InChI=1S/C32H34N2O6S/c1-6-38-28-17-24(10-12-26(28)40-19-30(35)33-25-11-9-21(3)23(5)16-25)18-29-31(36)34(32(37)41-29)13-14-39-27-15-20(2)7-8-22(27)4/h7-12,15-18H,6,13-14,19H2,1-5H3,(H,33,35)/b29-18-. The highest BCUT2D eigenvalue weighted by molar-refractivity contribution is 8.18. The molecule has 3 aromatic rings. The summed E-state index contributed by atoms with van der Waals surface area (Å²) in [6.07, 6.45) is 1.65. The monoisotopic (exact) mass is 574 g/mol. The van der Waals surface area contributed by atoms with E-state index in [1.54, 1.807) is 24.3 Å². The minimum absolute atomic E-state index is 0.149. The molecule has 3 amide bonds. The maximum Gasteiger partial charge on any atom is 0.293 e. The van der Waals surface area contributed by atoms with Crippen molar-refractivity contribution in [2.45, 2.75) is 34.6 Å². The Morgan fingerprint density at radius 2 is 1.63 bits per heavy atom. The highest BCUT2D eigenvalue weighted by Crippen LogP contribution is 2.35. The molecule has 9 heteroatoms. The van der Waals surface area contributed by atoms with E-state index in [4.69, 9.17) is 14.2 Å². The van der Waals surface area contributed by atoms with Crippen molar-refractivity contribution >= 4 is 40.6 Å². The van der Waals surface area contributed by atoms with E-state index in [0.717, 1.165) is 39.8 Å². The van der Waals surface area contributed by atoms with Gasteiger partial charge in [0.15, 0.2) is 18.1 Å². The van der Waals surface area contributed by atoms with Gasteiger partial charge >= 0.3 is 0 Å². The van der Waals surface area contributed by atoms with E-state index in [-0.39, 0.29) is 36.8 Å². The zero-order valence-corrected chi connectivity index (χ0v) is 24.7. The van der Waals surface area contributed by atoms with Gasteiger partial charge in [0.25, 0.3) is 17.1 Å². The van der Waals surface area contributed by atoms with E-state index in [9.17, 15) is 14.4 Å². The van der Waals surface area contributed by atoms with Gasteiger partial charge in [0.1, 0.15) is 12.4 Å². The molecule has 0 radical (unpaired) electrons. The lowest BCUT2D eigenvalue weighted by Crippen LogP contribution is -2.32. The summed E-state index contributed by atoms with van der Waals surface area (Å²) in [7, 11) is 0. The number of nitrogens with zero attached hydrogens (tertiary/aromatic N) is 1. The quantitative estimate of drug-likeness (QED) is 0.263. The number of ether oxygens (including phenoxy) is 3. The molecule has 1 aliphatic heterocycles. The molecule has 214 valence electrons. The SMILES string of the molecule is CCOc1cc(/C=C2\SC(=O)N(CCOc3cc(C)ccc3C)C2=O)ccc1OCC(=O)Nc1ccc(C)c(C)c1. The van der Waals surface area contributed by atoms with Crippen molar-refractivity contribution in [1.82, 2.24) is 4.90 Å². The molecule has 4 rings (SSSR count). The highest BCUT2D eigenvalue weighted by Gasteiger charge is 2.34. The lowest BCUT2D eigenvalue weighted by Gasteiger charge is -2.15. The number of hydrogen-bond acceptors (Lipinski definition) is 7. The second-order valence-corrected chi connectivity index (χ2v) is 10.7. The number of amides is 3. The van der Waals surface area contributed by atoms with E-state index in [0.29, 0.717) is 34.3 Å². The summed E-state index contributed by atoms with van der Waals surface area (Å²) >= 11 is 0.887. The predicted octanol–water partition coefficient (Wildman–Crippen LogP) is 6.45. The number of anilines is 1. The third-order valence-corrected chi connectivity index (χ3v) is 7.41. The van der Waals surface area contributed by atoms with Crippen LogP contribution in [0.2, 0.25) is 0 Å². The fourth-order valence-electron chi connectivity index (χ4n) is 4.12. The zero-order valence-electron chi connectivity index (χ0n) is 23.9. The van der Waals surface area contributed by atoms with Crippen LogP contribution in [0.1, 0.15) is 34.7 Å². The maximum atomic E-state index is 13.0. The topological polar surface area (TPSA) is 94.2 Å². The van der Waals surface area contributed by atoms with Gasteiger partial charge in [-0.1, -0.05) is 24.3 Å². The predicted molar refractivity (Wildman–Crippen MR) is 162 cm³/mol. The van der Waals surface area contributed by atoms with E-state index in [1.165, 1.54) is 4.90 Å². The molecule has 8 nitrogen and oxygen atoms in total. The molecule has 0 bridgehead atoms. The van der Waals surface area contributed by atoms with Gasteiger partial charge in [-0.05, 0) is 111 Å². The van der Waals surface area contributed by atoms with Crippen molar-refractivity contribution in [2.24, 2.45) is 0 Å². The summed E-state index contributed by atoms with van der Waals surface area (Å²) in [6.45, 7) is 10.3. The van der Waals surface area contributed by atoms with Crippen LogP contribution in [0.15, 0.2) is 59.5 Å². The molecule has 0 aromatic heterocycles. The molecule has 0 aliphatic carbocycles. The number of hydrogen-bond donors (Lipinski definition) is 1. The van der Waals surface area contributed by atoms with Crippen LogP contribution in [-0.4, -0.2) is 48.3 Å². The smallest absolute Gasteiger partial charge is 0.293 e. The molecule has 1 fully saturated rings. The van der Waals surface area contributed by atoms with Crippen LogP contribution in [0.3, 0.4) is 0 Å². The number of benzene rings is 3. The number of carbonyl (C=O) groups is 3. The average molecular weight is 575 g/mol. The summed E-state index contributed by atoms with van der Waals surface area (Å²) in [6, 6.07) is 16.8. The molecule has 1 heterocycles. The van der Waals surface area contributed by atoms with E-state index < -0.39 is 0 Å². The molecular formula is C32H34N2O6S. The lowest BCUT2D eigenvalue weighted by atomic mass is 10.1. The zero-order chi connectivity index (χ0) is 29.5. The number of aryl methyl sites for hydroxylation is 4. The van der Waals surface area contributed by atoms with Crippen molar-refractivity contribution in [1.29, 1.82) is 0 Å². The summed E-state index contributed by atoms with van der Waals surface area (Å²) in [4.78, 5) is 39.5. The molecule has 0 unspecified atom stereocenters. The van der Waals surface area contributed by atoms with Crippen LogP contribution >= 0.6 is 11.8 Å². The van der Waals surface area contributed by atoms with Crippen LogP contribution < -0.4 is 19.5 Å². The summed E-state index contributed by atoms with van der Waals surface area (Å²) in [5.74, 6) is 0.902. The van der Waals surface area contributed by atoms with Gasteiger partial charge in [0, 0.05) is 5.69 Å². The van der Waals surface area contributed by atoms with Gasteiger partial charge in [-0.3, -0.25) is 19.3 Å². The Morgan fingerprint density at radius 1 is 0.854 bits per heavy atom. The van der Waals surface area contributed by atoms with E-state index in [2.05, 4.69) is 5.32 Å². The van der Waals surface area contributed by atoms with Gasteiger partial charge in [-0.2, -0.15) is 0 Å². The normalized spacial score (nSPS) is 14.0. The van der Waals surface area contributed by atoms with E-state index in [1.807, 2.05) is 71.0 Å². The first kappa shape index (κ1) is 29.7. The largest absolute Gasteiger partial charge is 0.491 e. The highest BCUT2D eigenvalue weighted by atomic mass is 32.2. The third kappa shape index (κ3) is 7.70. The average Bonchev–Trinajstić information content (AvgIpc) is 3.19. The maximum absolute atomic E-state index is 13.0. The van der Waals surface area contributed by atoms with Gasteiger partial charge in [-0.15, -0.1) is 0 Å². The first-order valence-corrected chi connectivity index (χ1v) is 14.2. The minimum Gasteiger partial charge on any atom is -0.491 e. The Kier molecular flexibility index (Phi) is 9.73. The van der Waals surface area contributed by atoms with Crippen molar-refractivity contribution in [3.05, 3.63) is 87.3 Å². The molecule has 41 heavy (non-hydrogen) atoms. The van der Waals surface area contributed by atoms with Gasteiger partial charge in [0.2, 0.25) is 0 Å². The second kappa shape index (κ2) is 13.4. The molecule has 0 spiro atoms. The van der Waals surface area contributed by atoms with Crippen molar-refractivity contribution < 1.29 is 28.6 Å². The molecule has 1 aliphatic rings. The Morgan fingerprint density at radius 3 is 2.39 bits per heavy atom. The van der Waals surface area contributed by atoms with Crippen LogP contribution in [0, 0.1) is 27.7 Å². The first-order valence-electron chi connectivity index (χ1n) is 13.4. The van der Waals surface area contributed by atoms with Gasteiger partial charge < -0.3 is 19.5 Å². The number of rotatable bonds is 11. The van der Waals surface area contributed by atoms with Crippen molar-refractivity contribution in [2.75, 3.05) is 31.7 Å². The number of nitrogens with one attached hydrogen (secondary N) is 1. The Hall–Kier alpha value is -4.24. The van der Waals surface area contributed by atoms with E-state index >= 15 is 0 Å². The van der Waals surface area contributed by atoms with Gasteiger partial charge in [-0.25, -0.2) is 0 Å². The minimum atomic E-state index is -0.370. The van der Waals surface area contributed by atoms with Crippen LogP contribution in [0.5, 0.6) is 17.2 Å². The Balaban J connectivity index is 1.38.